The van der Waals surface area contributed by atoms with Crippen LogP contribution in [0, 0.1) is 17.5 Å². The molecule has 3 aromatic rings. The lowest BCUT2D eigenvalue weighted by Crippen LogP contribution is -2.56. The lowest BCUT2D eigenvalue weighted by Gasteiger charge is -2.35. The van der Waals surface area contributed by atoms with Crippen LogP contribution in [0.2, 0.25) is 0 Å². The van der Waals surface area contributed by atoms with Gasteiger partial charge in [-0.05, 0) is 24.3 Å². The van der Waals surface area contributed by atoms with Crippen molar-refractivity contribution >= 4 is 22.8 Å². The van der Waals surface area contributed by atoms with Crippen LogP contribution in [-0.4, -0.2) is 57.8 Å². The van der Waals surface area contributed by atoms with E-state index >= 15 is 0 Å². The first-order valence-corrected chi connectivity index (χ1v) is 10.1. The minimum atomic E-state index is -0.956. The van der Waals surface area contributed by atoms with E-state index in [1.54, 1.807) is 18.0 Å². The summed E-state index contributed by atoms with van der Waals surface area (Å²) in [7, 11) is 1.58. The van der Waals surface area contributed by atoms with Crippen molar-refractivity contribution < 1.29 is 22.8 Å². The fraction of sp³-hybridized carbons (Fsp3) is 0.318. The van der Waals surface area contributed by atoms with Gasteiger partial charge in [0.2, 0.25) is 11.8 Å². The van der Waals surface area contributed by atoms with Crippen molar-refractivity contribution in [1.29, 1.82) is 0 Å². The maximum absolute atomic E-state index is 14.1. The molecule has 32 heavy (non-hydrogen) atoms. The van der Waals surface area contributed by atoms with Gasteiger partial charge in [0.25, 0.3) is 0 Å². The molecule has 2 heterocycles. The lowest BCUT2D eigenvalue weighted by molar-refractivity contribution is -0.138. The molecule has 0 aliphatic carbocycles. The molecule has 0 radical (unpaired) electrons. The number of benzene rings is 2. The first-order valence-electron chi connectivity index (χ1n) is 10.1. The van der Waals surface area contributed by atoms with Crippen molar-refractivity contribution in [2.75, 3.05) is 20.1 Å². The Morgan fingerprint density at radius 3 is 2.88 bits per heavy atom. The summed E-state index contributed by atoms with van der Waals surface area (Å²) in [6.07, 6.45) is -0.131. The Kier molecular flexibility index (Phi) is 6.13. The number of nitrogens with one attached hydrogen (secondary N) is 2. The molecule has 1 atom stereocenters. The maximum atomic E-state index is 14.1. The Morgan fingerprint density at radius 1 is 1.25 bits per heavy atom. The summed E-state index contributed by atoms with van der Waals surface area (Å²) >= 11 is 0. The van der Waals surface area contributed by atoms with E-state index in [4.69, 9.17) is 0 Å². The fourth-order valence-electron chi connectivity index (χ4n) is 3.81. The third-order valence-electron chi connectivity index (χ3n) is 5.52. The van der Waals surface area contributed by atoms with E-state index in [0.717, 1.165) is 6.07 Å². The van der Waals surface area contributed by atoms with Gasteiger partial charge >= 0.3 is 0 Å². The number of amides is 2. The predicted molar refractivity (Wildman–Crippen MR) is 111 cm³/mol. The molecule has 2 aromatic carbocycles. The molecule has 2 amide bonds. The molecule has 1 unspecified atom stereocenters. The van der Waals surface area contributed by atoms with Crippen molar-refractivity contribution in [3.8, 4) is 0 Å². The molecule has 0 saturated carbocycles. The Bertz CT molecular complexity index is 1170. The summed E-state index contributed by atoms with van der Waals surface area (Å²) in [5, 5.41) is 2.72. The number of H-pyrrole nitrogens is 1. The van der Waals surface area contributed by atoms with E-state index < -0.39 is 23.5 Å². The first kappa shape index (κ1) is 21.8. The van der Waals surface area contributed by atoms with E-state index in [-0.39, 0.29) is 36.9 Å². The highest BCUT2D eigenvalue weighted by Gasteiger charge is 2.33. The van der Waals surface area contributed by atoms with Gasteiger partial charge in [-0.1, -0.05) is 12.1 Å². The van der Waals surface area contributed by atoms with Crippen molar-refractivity contribution in [2.24, 2.45) is 0 Å². The van der Waals surface area contributed by atoms with Gasteiger partial charge in [0.15, 0.2) is 11.6 Å². The number of halogens is 3. The van der Waals surface area contributed by atoms with Gasteiger partial charge in [-0.25, -0.2) is 18.2 Å². The van der Waals surface area contributed by atoms with E-state index in [9.17, 15) is 22.8 Å². The third kappa shape index (κ3) is 4.59. The van der Waals surface area contributed by atoms with Gasteiger partial charge in [0.1, 0.15) is 11.6 Å². The van der Waals surface area contributed by atoms with Crippen LogP contribution in [0.25, 0.3) is 11.0 Å². The average Bonchev–Trinajstić information content (AvgIpc) is 3.14. The first-order chi connectivity index (χ1) is 15.3. The highest BCUT2D eigenvalue weighted by molar-refractivity contribution is 5.88. The highest BCUT2D eigenvalue weighted by atomic mass is 19.2. The zero-order valence-electron chi connectivity index (χ0n) is 17.4. The quantitative estimate of drug-likeness (QED) is 0.610. The van der Waals surface area contributed by atoms with E-state index in [0.29, 0.717) is 29.9 Å². The average molecular weight is 445 g/mol. The molecule has 1 aromatic heterocycles. The summed E-state index contributed by atoms with van der Waals surface area (Å²) < 4.78 is 41.1. The standard InChI is InChI=1S/C22H22F3N5O2/c1-29(12-19-27-16-6-5-14(23)9-17(16)28-19)20(31)10-18-22(32)26-7-8-30(18)11-13-3-2-4-15(24)21(13)25/h2-6,9,18H,7-8,10-12H2,1H3,(H,26,32)(H,27,28). The molecule has 2 N–H and O–H groups in total. The second kappa shape index (κ2) is 8.99. The highest BCUT2D eigenvalue weighted by Crippen LogP contribution is 2.19. The van der Waals surface area contributed by atoms with Gasteiger partial charge in [0, 0.05) is 32.2 Å². The van der Waals surface area contributed by atoms with Crippen molar-refractivity contribution in [2.45, 2.75) is 25.6 Å². The summed E-state index contributed by atoms with van der Waals surface area (Å²) in [6, 6.07) is 7.26. The second-order valence-electron chi connectivity index (χ2n) is 7.79. The number of fused-ring (bicyclic) bond motifs is 1. The molecule has 1 aliphatic heterocycles. The zero-order valence-corrected chi connectivity index (χ0v) is 17.4. The van der Waals surface area contributed by atoms with Crippen LogP contribution in [0.1, 0.15) is 17.8 Å². The SMILES string of the molecule is CN(Cc1nc2ccc(F)cc2[nH]1)C(=O)CC1C(=O)NCCN1Cc1cccc(F)c1F. The number of carbonyl (C=O) groups excluding carboxylic acids is 2. The van der Waals surface area contributed by atoms with E-state index in [1.807, 2.05) is 0 Å². The molecule has 0 spiro atoms. The van der Waals surface area contributed by atoms with Gasteiger partial charge in [-0.3, -0.25) is 14.5 Å². The van der Waals surface area contributed by atoms with Crippen molar-refractivity contribution in [1.82, 2.24) is 25.1 Å². The Balaban J connectivity index is 1.45. The van der Waals surface area contributed by atoms with Crippen LogP contribution in [-0.2, 0) is 22.7 Å². The molecule has 168 valence electrons. The van der Waals surface area contributed by atoms with Crippen LogP contribution in [0.4, 0.5) is 13.2 Å². The van der Waals surface area contributed by atoms with Crippen LogP contribution in [0.3, 0.4) is 0 Å². The lowest BCUT2D eigenvalue weighted by atomic mass is 10.1. The number of hydrogen-bond acceptors (Lipinski definition) is 4. The number of hydrogen-bond donors (Lipinski definition) is 2. The molecular weight excluding hydrogens is 423 g/mol. The number of aromatic nitrogens is 2. The minimum Gasteiger partial charge on any atom is -0.353 e. The number of nitrogens with zero attached hydrogens (tertiary/aromatic N) is 3. The number of carbonyl (C=O) groups is 2. The molecule has 10 heteroatoms. The topological polar surface area (TPSA) is 81.3 Å². The zero-order chi connectivity index (χ0) is 22.8. The van der Waals surface area contributed by atoms with Crippen LogP contribution in [0.15, 0.2) is 36.4 Å². The normalized spacial score (nSPS) is 16.9. The smallest absolute Gasteiger partial charge is 0.237 e. The van der Waals surface area contributed by atoms with Crippen molar-refractivity contribution in [3.05, 3.63) is 65.2 Å². The monoisotopic (exact) mass is 445 g/mol. The van der Waals surface area contributed by atoms with Crippen LogP contribution in [0.5, 0.6) is 0 Å². The van der Waals surface area contributed by atoms with Crippen LogP contribution < -0.4 is 5.32 Å². The molecular formula is C22H22F3N5O2. The minimum absolute atomic E-state index is 0.00775. The molecule has 1 saturated heterocycles. The number of imidazole rings is 1. The molecule has 1 fully saturated rings. The van der Waals surface area contributed by atoms with Gasteiger partial charge in [-0.15, -0.1) is 0 Å². The summed E-state index contributed by atoms with van der Waals surface area (Å²) in [5.41, 5.74) is 1.23. The number of rotatable bonds is 6. The molecule has 0 bridgehead atoms. The summed E-state index contributed by atoms with van der Waals surface area (Å²) in [5.74, 6) is -2.48. The predicted octanol–water partition coefficient (Wildman–Crippen LogP) is 2.33. The fourth-order valence-corrected chi connectivity index (χ4v) is 3.81. The molecule has 1 aliphatic rings. The van der Waals surface area contributed by atoms with E-state index in [1.165, 1.54) is 29.2 Å². The van der Waals surface area contributed by atoms with Gasteiger partial charge < -0.3 is 15.2 Å². The number of aromatic amines is 1. The number of piperazine rings is 1. The van der Waals surface area contributed by atoms with Crippen LogP contribution >= 0.6 is 0 Å². The van der Waals surface area contributed by atoms with Gasteiger partial charge in [-0.2, -0.15) is 0 Å². The Morgan fingerprint density at radius 2 is 2.06 bits per heavy atom. The Hall–Kier alpha value is -3.40. The largest absolute Gasteiger partial charge is 0.353 e. The second-order valence-corrected chi connectivity index (χ2v) is 7.79. The maximum Gasteiger partial charge on any atom is 0.237 e. The van der Waals surface area contributed by atoms with E-state index in [2.05, 4.69) is 15.3 Å². The van der Waals surface area contributed by atoms with Crippen molar-refractivity contribution in [3.63, 3.8) is 0 Å². The Labute approximate surface area is 182 Å². The summed E-state index contributed by atoms with van der Waals surface area (Å²) in [4.78, 5) is 35.7. The molecule has 4 rings (SSSR count). The van der Waals surface area contributed by atoms with Gasteiger partial charge in [0.05, 0.1) is 30.0 Å². The summed E-state index contributed by atoms with van der Waals surface area (Å²) in [6.45, 7) is 0.903. The third-order valence-corrected chi connectivity index (χ3v) is 5.52. The molecule has 7 nitrogen and oxygen atoms in total.